The van der Waals surface area contributed by atoms with E-state index in [4.69, 9.17) is 4.74 Å². The molecule has 160 valence electrons. The molecule has 2 aromatic carbocycles. The molecule has 0 radical (unpaired) electrons. The van der Waals surface area contributed by atoms with Gasteiger partial charge >= 0.3 is 0 Å². The topological polar surface area (TPSA) is 75.7 Å². The summed E-state index contributed by atoms with van der Waals surface area (Å²) in [6.45, 7) is 0.184. The van der Waals surface area contributed by atoms with Crippen LogP contribution in [0.15, 0.2) is 35.2 Å². The standard InChI is InChI=1S/C21H22F2N2O4S/c1-29-19-7-6-13(10-20(19)30(27,28)24-15-4-2-3-5-15)21(26)25-9-8-16-17(23)11-14(22)12-18(16)25/h6-7,10-12,15,24H,2-5,8-9H2,1H3. The molecule has 1 fully saturated rings. The van der Waals surface area contributed by atoms with Crippen LogP contribution in [0.25, 0.3) is 0 Å². The highest BCUT2D eigenvalue weighted by Gasteiger charge is 2.31. The molecule has 0 atom stereocenters. The smallest absolute Gasteiger partial charge is 0.258 e. The molecule has 4 rings (SSSR count). The molecule has 1 aliphatic carbocycles. The van der Waals surface area contributed by atoms with E-state index >= 15 is 0 Å². The van der Waals surface area contributed by atoms with Crippen LogP contribution in [0.3, 0.4) is 0 Å². The molecule has 1 saturated carbocycles. The molecule has 0 unspecified atom stereocenters. The van der Waals surface area contributed by atoms with Crippen molar-refractivity contribution in [3.05, 3.63) is 53.1 Å². The van der Waals surface area contributed by atoms with Crippen molar-refractivity contribution in [2.45, 2.75) is 43.0 Å². The van der Waals surface area contributed by atoms with Gasteiger partial charge in [0.2, 0.25) is 10.0 Å². The fourth-order valence-corrected chi connectivity index (χ4v) is 5.64. The molecule has 1 aliphatic heterocycles. The quantitative estimate of drug-likeness (QED) is 0.780. The zero-order chi connectivity index (χ0) is 21.5. The van der Waals surface area contributed by atoms with Crippen LogP contribution in [0.1, 0.15) is 41.6 Å². The lowest BCUT2D eigenvalue weighted by molar-refractivity contribution is 0.0989. The summed E-state index contributed by atoms with van der Waals surface area (Å²) in [7, 11) is -2.55. The molecule has 0 saturated heterocycles. The summed E-state index contributed by atoms with van der Waals surface area (Å²) in [5, 5.41) is 0. The average Bonchev–Trinajstić information content (AvgIpc) is 3.36. The maximum Gasteiger partial charge on any atom is 0.258 e. The highest BCUT2D eigenvalue weighted by molar-refractivity contribution is 7.89. The number of carbonyl (C=O) groups is 1. The number of fused-ring (bicyclic) bond motifs is 1. The first kappa shape index (κ1) is 20.7. The number of ether oxygens (including phenoxy) is 1. The molecule has 0 bridgehead atoms. The molecule has 1 heterocycles. The van der Waals surface area contributed by atoms with Crippen LogP contribution in [-0.2, 0) is 16.4 Å². The van der Waals surface area contributed by atoms with Gasteiger partial charge in [-0.05, 0) is 43.5 Å². The summed E-state index contributed by atoms with van der Waals surface area (Å²) in [5.41, 5.74) is 0.538. The maximum absolute atomic E-state index is 14.0. The van der Waals surface area contributed by atoms with E-state index in [1.165, 1.54) is 30.2 Å². The number of rotatable bonds is 5. The van der Waals surface area contributed by atoms with Gasteiger partial charge in [-0.25, -0.2) is 21.9 Å². The Bertz CT molecular complexity index is 1100. The average molecular weight is 436 g/mol. The van der Waals surface area contributed by atoms with Gasteiger partial charge in [0.1, 0.15) is 22.3 Å². The van der Waals surface area contributed by atoms with E-state index in [2.05, 4.69) is 4.72 Å². The van der Waals surface area contributed by atoms with Crippen molar-refractivity contribution in [3.63, 3.8) is 0 Å². The SMILES string of the molecule is COc1ccc(C(=O)N2CCc3c(F)cc(F)cc32)cc1S(=O)(=O)NC1CCCC1. The molecule has 6 nitrogen and oxygen atoms in total. The summed E-state index contributed by atoms with van der Waals surface area (Å²) >= 11 is 0. The van der Waals surface area contributed by atoms with Crippen molar-refractivity contribution in [2.24, 2.45) is 0 Å². The first-order valence-electron chi connectivity index (χ1n) is 9.80. The van der Waals surface area contributed by atoms with Crippen LogP contribution in [0.4, 0.5) is 14.5 Å². The number of nitrogens with one attached hydrogen (secondary N) is 1. The molecular formula is C21H22F2N2O4S. The molecule has 0 spiro atoms. The third kappa shape index (κ3) is 3.79. The zero-order valence-electron chi connectivity index (χ0n) is 16.5. The molecule has 9 heteroatoms. The van der Waals surface area contributed by atoms with Gasteiger partial charge in [-0.3, -0.25) is 4.79 Å². The summed E-state index contributed by atoms with van der Waals surface area (Å²) in [6, 6.07) is 5.89. The van der Waals surface area contributed by atoms with Crippen molar-refractivity contribution in [1.29, 1.82) is 0 Å². The molecule has 1 amide bonds. The van der Waals surface area contributed by atoms with E-state index in [1.54, 1.807) is 0 Å². The number of amides is 1. The highest BCUT2D eigenvalue weighted by atomic mass is 32.2. The minimum Gasteiger partial charge on any atom is -0.495 e. The van der Waals surface area contributed by atoms with E-state index in [9.17, 15) is 22.0 Å². The summed E-state index contributed by atoms with van der Waals surface area (Å²) < 4.78 is 61.5. The fraction of sp³-hybridized carbons (Fsp3) is 0.381. The Morgan fingerprint density at radius 3 is 2.60 bits per heavy atom. The van der Waals surface area contributed by atoms with Crippen LogP contribution >= 0.6 is 0 Å². The van der Waals surface area contributed by atoms with Gasteiger partial charge < -0.3 is 9.64 Å². The Morgan fingerprint density at radius 1 is 1.17 bits per heavy atom. The Kier molecular flexibility index (Phi) is 5.50. The van der Waals surface area contributed by atoms with E-state index < -0.39 is 27.6 Å². The number of hydrogen-bond donors (Lipinski definition) is 1. The predicted octanol–water partition coefficient (Wildman–Crippen LogP) is 3.40. The lowest BCUT2D eigenvalue weighted by Crippen LogP contribution is -2.33. The Balaban J connectivity index is 1.68. The number of sulfonamides is 1. The number of nitrogens with zero attached hydrogens (tertiary/aromatic N) is 1. The van der Waals surface area contributed by atoms with Crippen molar-refractivity contribution >= 4 is 21.6 Å². The first-order valence-corrected chi connectivity index (χ1v) is 11.3. The van der Waals surface area contributed by atoms with Crippen LogP contribution in [0, 0.1) is 11.6 Å². The second-order valence-corrected chi connectivity index (χ2v) is 9.24. The Labute approximate surface area is 173 Å². The summed E-state index contributed by atoms with van der Waals surface area (Å²) in [4.78, 5) is 14.2. The summed E-state index contributed by atoms with van der Waals surface area (Å²) in [6.07, 6.45) is 3.72. The van der Waals surface area contributed by atoms with E-state index in [0.717, 1.165) is 37.8 Å². The van der Waals surface area contributed by atoms with Crippen LogP contribution in [0.2, 0.25) is 0 Å². The van der Waals surface area contributed by atoms with E-state index in [-0.39, 0.29) is 46.5 Å². The largest absolute Gasteiger partial charge is 0.495 e. The minimum absolute atomic E-state index is 0.0973. The third-order valence-corrected chi connectivity index (χ3v) is 7.18. The molecule has 30 heavy (non-hydrogen) atoms. The number of methoxy groups -OCH3 is 1. The lowest BCUT2D eigenvalue weighted by Gasteiger charge is -2.19. The van der Waals surface area contributed by atoms with Crippen LogP contribution < -0.4 is 14.4 Å². The molecule has 2 aromatic rings. The predicted molar refractivity (Wildman–Crippen MR) is 107 cm³/mol. The number of halogens is 2. The van der Waals surface area contributed by atoms with Gasteiger partial charge in [0, 0.05) is 29.8 Å². The highest BCUT2D eigenvalue weighted by Crippen LogP contribution is 2.33. The number of anilines is 1. The molecular weight excluding hydrogens is 414 g/mol. The van der Waals surface area contributed by atoms with Gasteiger partial charge in [0.15, 0.2) is 0 Å². The minimum atomic E-state index is -3.91. The second kappa shape index (κ2) is 7.96. The second-order valence-electron chi connectivity index (χ2n) is 7.56. The van der Waals surface area contributed by atoms with Crippen molar-refractivity contribution in [3.8, 4) is 5.75 Å². The normalized spacial score (nSPS) is 16.7. The van der Waals surface area contributed by atoms with Gasteiger partial charge in [0.25, 0.3) is 5.91 Å². The van der Waals surface area contributed by atoms with Crippen molar-refractivity contribution in [1.82, 2.24) is 4.72 Å². The lowest BCUT2D eigenvalue weighted by atomic mass is 10.1. The van der Waals surface area contributed by atoms with E-state index in [1.807, 2.05) is 0 Å². The van der Waals surface area contributed by atoms with Crippen LogP contribution in [0.5, 0.6) is 5.75 Å². The Hall–Kier alpha value is -2.52. The molecule has 0 aromatic heterocycles. The zero-order valence-corrected chi connectivity index (χ0v) is 17.3. The fourth-order valence-electron chi connectivity index (χ4n) is 4.14. The van der Waals surface area contributed by atoms with Crippen molar-refractivity contribution < 1.29 is 26.7 Å². The first-order chi connectivity index (χ1) is 14.3. The van der Waals surface area contributed by atoms with Crippen LogP contribution in [-0.4, -0.2) is 34.0 Å². The van der Waals surface area contributed by atoms with Gasteiger partial charge in [-0.2, -0.15) is 0 Å². The monoisotopic (exact) mass is 436 g/mol. The molecule has 1 N–H and O–H groups in total. The van der Waals surface area contributed by atoms with Gasteiger partial charge in [0.05, 0.1) is 12.8 Å². The number of hydrogen-bond acceptors (Lipinski definition) is 4. The van der Waals surface area contributed by atoms with Gasteiger partial charge in [-0.1, -0.05) is 12.8 Å². The molecule has 2 aliphatic rings. The summed E-state index contributed by atoms with van der Waals surface area (Å²) in [5.74, 6) is -1.88. The van der Waals surface area contributed by atoms with E-state index in [0.29, 0.717) is 0 Å². The Morgan fingerprint density at radius 2 is 1.90 bits per heavy atom. The van der Waals surface area contributed by atoms with Gasteiger partial charge in [-0.15, -0.1) is 0 Å². The van der Waals surface area contributed by atoms with Crippen molar-refractivity contribution in [2.75, 3.05) is 18.6 Å². The number of carbonyl (C=O) groups excluding carboxylic acids is 1. The maximum atomic E-state index is 14.0. The number of benzene rings is 2. The third-order valence-electron chi connectivity index (χ3n) is 5.64.